The third kappa shape index (κ3) is 5.59. The highest BCUT2D eigenvalue weighted by Crippen LogP contribution is 2.11. The number of nitrogens with zero attached hydrogens (tertiary/aromatic N) is 2. The first-order valence-corrected chi connectivity index (χ1v) is 5.77. The largest absolute Gasteiger partial charge is 0.464 e. The number of hydrogen-bond donors (Lipinski definition) is 0. The lowest BCUT2D eigenvalue weighted by Gasteiger charge is -2.08. The molecule has 0 fully saturated rings. The molecule has 0 heterocycles. The second-order valence-corrected chi connectivity index (χ2v) is 3.93. The molecule has 10 heteroatoms. The fourth-order valence-electron chi connectivity index (χ4n) is 1.57. The molecule has 0 radical (unpaired) electrons. The summed E-state index contributed by atoms with van der Waals surface area (Å²) < 4.78 is 8.57. The molecule has 0 aliphatic heterocycles. The van der Waals surface area contributed by atoms with Crippen LogP contribution in [0.5, 0.6) is 0 Å². The summed E-state index contributed by atoms with van der Waals surface area (Å²) in [4.78, 5) is 41.9. The Labute approximate surface area is 114 Å². The van der Waals surface area contributed by atoms with Crippen molar-refractivity contribution < 1.29 is 28.9 Å². The summed E-state index contributed by atoms with van der Waals surface area (Å²) in [6.45, 7) is 0. The highest BCUT2D eigenvalue weighted by atomic mass is 16.6. The van der Waals surface area contributed by atoms with E-state index in [0.717, 1.165) is 14.2 Å². The first-order valence-electron chi connectivity index (χ1n) is 5.77. The maximum absolute atomic E-state index is 11.1. The first-order chi connectivity index (χ1) is 9.34. The Kier molecular flexibility index (Phi) is 7.78. The average Bonchev–Trinajstić information content (AvgIpc) is 2.40. The van der Waals surface area contributed by atoms with Crippen LogP contribution in [-0.2, 0) is 19.1 Å². The van der Waals surface area contributed by atoms with Gasteiger partial charge in [0.15, 0.2) is 0 Å². The van der Waals surface area contributed by atoms with Crippen LogP contribution < -0.4 is 0 Å². The van der Waals surface area contributed by atoms with E-state index in [2.05, 4.69) is 9.47 Å². The smallest absolute Gasteiger partial charge is 0.381 e. The molecule has 10 nitrogen and oxygen atoms in total. The zero-order valence-electron chi connectivity index (χ0n) is 11.1. The molecule has 0 N–H and O–H groups in total. The van der Waals surface area contributed by atoms with E-state index in [-0.39, 0.29) is 25.7 Å². The van der Waals surface area contributed by atoms with Gasteiger partial charge in [-0.2, -0.15) is 0 Å². The Bertz CT molecular complexity index is 347. The number of nitro groups is 2. The van der Waals surface area contributed by atoms with Gasteiger partial charge in [-0.05, 0) is 12.8 Å². The van der Waals surface area contributed by atoms with Crippen LogP contribution in [0.15, 0.2) is 0 Å². The van der Waals surface area contributed by atoms with Crippen molar-refractivity contribution in [1.29, 1.82) is 0 Å². The number of unbranched alkanes of at least 4 members (excludes halogenated alkanes) is 1. The number of esters is 2. The summed E-state index contributed by atoms with van der Waals surface area (Å²) in [5, 5.41) is 21.2. The number of carbonyl (C=O) groups is 2. The van der Waals surface area contributed by atoms with Crippen LogP contribution in [0.4, 0.5) is 0 Å². The van der Waals surface area contributed by atoms with Gasteiger partial charge in [0.1, 0.15) is 0 Å². The topological polar surface area (TPSA) is 139 Å². The van der Waals surface area contributed by atoms with E-state index in [4.69, 9.17) is 0 Å². The summed E-state index contributed by atoms with van der Waals surface area (Å²) in [6.07, 6.45) is 0.153. The standard InChI is InChI=1S/C10H16N2O8/c1-19-9(13)7(11(15)16)5-3-4-6-8(12(17)18)10(14)20-2/h7-8H,3-6H2,1-2H3. The van der Waals surface area contributed by atoms with E-state index in [0.29, 0.717) is 0 Å². The Morgan fingerprint density at radius 2 is 1.20 bits per heavy atom. The van der Waals surface area contributed by atoms with Gasteiger partial charge in [0.25, 0.3) is 0 Å². The quantitative estimate of drug-likeness (QED) is 0.254. The molecule has 0 amide bonds. The fraction of sp³-hybridized carbons (Fsp3) is 0.800. The van der Waals surface area contributed by atoms with Crippen LogP contribution in [0.3, 0.4) is 0 Å². The molecule has 20 heavy (non-hydrogen) atoms. The number of carbonyl (C=O) groups excluding carboxylic acids is 2. The lowest BCUT2D eigenvalue weighted by Crippen LogP contribution is -2.32. The van der Waals surface area contributed by atoms with E-state index >= 15 is 0 Å². The fourth-order valence-corrected chi connectivity index (χ4v) is 1.57. The van der Waals surface area contributed by atoms with Crippen molar-refractivity contribution in [3.63, 3.8) is 0 Å². The number of hydrogen-bond acceptors (Lipinski definition) is 8. The minimum absolute atomic E-state index is 0.106. The molecule has 0 saturated heterocycles. The zero-order valence-corrected chi connectivity index (χ0v) is 11.1. The van der Waals surface area contributed by atoms with Crippen molar-refractivity contribution >= 4 is 11.9 Å². The van der Waals surface area contributed by atoms with Gasteiger partial charge in [-0.1, -0.05) is 0 Å². The Hall–Kier alpha value is -2.26. The average molecular weight is 292 g/mol. The highest BCUT2D eigenvalue weighted by Gasteiger charge is 2.32. The normalized spacial score (nSPS) is 13.1. The summed E-state index contributed by atoms with van der Waals surface area (Å²) in [6, 6.07) is -2.99. The van der Waals surface area contributed by atoms with Gasteiger partial charge in [-0.3, -0.25) is 20.2 Å². The van der Waals surface area contributed by atoms with E-state index in [1.807, 2.05) is 0 Å². The highest BCUT2D eigenvalue weighted by molar-refractivity contribution is 5.74. The van der Waals surface area contributed by atoms with Gasteiger partial charge >= 0.3 is 24.0 Å². The molecule has 0 aliphatic carbocycles. The van der Waals surface area contributed by atoms with E-state index < -0.39 is 33.9 Å². The van der Waals surface area contributed by atoms with Crippen LogP contribution >= 0.6 is 0 Å². The lowest BCUT2D eigenvalue weighted by atomic mass is 10.1. The summed E-state index contributed by atoms with van der Waals surface area (Å²) in [7, 11) is 2.08. The van der Waals surface area contributed by atoms with Crippen LogP contribution in [0.2, 0.25) is 0 Å². The maximum Gasteiger partial charge on any atom is 0.381 e. The van der Waals surface area contributed by atoms with Crippen LogP contribution in [0.1, 0.15) is 25.7 Å². The van der Waals surface area contributed by atoms with Gasteiger partial charge in [0, 0.05) is 22.7 Å². The Balaban J connectivity index is 4.28. The number of rotatable bonds is 9. The zero-order chi connectivity index (χ0) is 15.7. The molecule has 2 unspecified atom stereocenters. The van der Waals surface area contributed by atoms with Crippen molar-refractivity contribution in [2.24, 2.45) is 0 Å². The maximum atomic E-state index is 11.1. The monoisotopic (exact) mass is 292 g/mol. The summed E-state index contributed by atoms with van der Waals surface area (Å²) >= 11 is 0. The Morgan fingerprint density at radius 1 is 0.900 bits per heavy atom. The molecule has 0 aliphatic rings. The van der Waals surface area contributed by atoms with E-state index in [9.17, 15) is 29.8 Å². The van der Waals surface area contributed by atoms with E-state index in [1.165, 1.54) is 0 Å². The molecular weight excluding hydrogens is 276 g/mol. The van der Waals surface area contributed by atoms with Gasteiger partial charge in [-0.15, -0.1) is 0 Å². The second kappa shape index (κ2) is 8.77. The van der Waals surface area contributed by atoms with Gasteiger partial charge < -0.3 is 9.47 Å². The molecule has 0 bridgehead atoms. The molecule has 0 aromatic carbocycles. The van der Waals surface area contributed by atoms with Crippen molar-refractivity contribution in [3.05, 3.63) is 20.2 Å². The van der Waals surface area contributed by atoms with Crippen LogP contribution in [-0.4, -0.2) is 48.1 Å². The molecule has 114 valence electrons. The number of ether oxygens (including phenoxy) is 2. The summed E-state index contributed by atoms with van der Waals surface area (Å²) in [5.41, 5.74) is 0. The molecule has 2 atom stereocenters. The predicted molar refractivity (Wildman–Crippen MR) is 64.1 cm³/mol. The summed E-state index contributed by atoms with van der Waals surface area (Å²) in [5.74, 6) is -1.93. The molecule has 0 spiro atoms. The molecular formula is C10H16N2O8. The SMILES string of the molecule is COC(=O)C(CCCCC(C(=O)OC)[N+](=O)[O-])[N+](=O)[O-]. The van der Waals surface area contributed by atoms with Crippen LogP contribution in [0, 0.1) is 20.2 Å². The predicted octanol–water partition coefficient (Wildman–Crippen LogP) is 0.183. The Morgan fingerprint density at radius 3 is 1.40 bits per heavy atom. The third-order valence-electron chi connectivity index (χ3n) is 2.66. The lowest BCUT2D eigenvalue weighted by molar-refractivity contribution is -0.513. The van der Waals surface area contributed by atoms with Crippen molar-refractivity contribution in [2.75, 3.05) is 14.2 Å². The van der Waals surface area contributed by atoms with Crippen molar-refractivity contribution in [2.45, 2.75) is 37.8 Å². The minimum Gasteiger partial charge on any atom is -0.464 e. The second-order valence-electron chi connectivity index (χ2n) is 3.93. The minimum atomic E-state index is -1.49. The molecule has 0 rings (SSSR count). The van der Waals surface area contributed by atoms with Crippen LogP contribution in [0.25, 0.3) is 0 Å². The molecule has 0 aromatic heterocycles. The van der Waals surface area contributed by atoms with Gasteiger partial charge in [0.2, 0.25) is 0 Å². The first kappa shape index (κ1) is 17.7. The molecule has 0 saturated carbocycles. The number of methoxy groups -OCH3 is 2. The van der Waals surface area contributed by atoms with Crippen molar-refractivity contribution in [1.82, 2.24) is 0 Å². The van der Waals surface area contributed by atoms with Crippen molar-refractivity contribution in [3.8, 4) is 0 Å². The third-order valence-corrected chi connectivity index (χ3v) is 2.66. The van der Waals surface area contributed by atoms with Gasteiger partial charge in [0.05, 0.1) is 14.2 Å². The molecule has 0 aromatic rings. The van der Waals surface area contributed by atoms with E-state index in [1.54, 1.807) is 0 Å². The van der Waals surface area contributed by atoms with Gasteiger partial charge in [-0.25, -0.2) is 9.59 Å².